The molecule has 3 nitrogen and oxygen atoms in total. The second kappa shape index (κ2) is 5.35. The van der Waals surface area contributed by atoms with Crippen molar-refractivity contribution in [1.29, 1.82) is 0 Å². The molecule has 1 fully saturated rings. The van der Waals surface area contributed by atoms with Gasteiger partial charge in [-0.15, -0.1) is 0 Å². The zero-order valence-corrected chi connectivity index (χ0v) is 9.55. The summed E-state index contributed by atoms with van der Waals surface area (Å²) in [5.41, 5.74) is 0. The Morgan fingerprint density at radius 2 is 2.00 bits per heavy atom. The standard InChI is InChI=1S/C11H22N2O/c1-4-9-6-7-10(13(9)3)8-12-11(14)5-2/h9-10H,4-8H2,1-3H3,(H,12,14). The average Bonchev–Trinajstić information content (AvgIpc) is 2.56. The number of nitrogens with zero attached hydrogens (tertiary/aromatic N) is 1. The fraction of sp³-hybridized carbons (Fsp3) is 0.909. The fourth-order valence-electron chi connectivity index (χ4n) is 2.18. The van der Waals surface area contributed by atoms with Crippen LogP contribution in [-0.2, 0) is 4.79 Å². The fourth-order valence-corrected chi connectivity index (χ4v) is 2.18. The van der Waals surface area contributed by atoms with Crippen molar-refractivity contribution >= 4 is 5.91 Å². The largest absolute Gasteiger partial charge is 0.355 e. The molecule has 0 aliphatic carbocycles. The molecule has 1 saturated heterocycles. The molecule has 0 bridgehead atoms. The summed E-state index contributed by atoms with van der Waals surface area (Å²) in [6.07, 6.45) is 4.31. The summed E-state index contributed by atoms with van der Waals surface area (Å²) in [6.45, 7) is 4.94. The van der Waals surface area contributed by atoms with Gasteiger partial charge in [-0.1, -0.05) is 13.8 Å². The van der Waals surface area contributed by atoms with E-state index in [-0.39, 0.29) is 5.91 Å². The average molecular weight is 198 g/mol. The first kappa shape index (κ1) is 11.5. The zero-order chi connectivity index (χ0) is 10.6. The maximum Gasteiger partial charge on any atom is 0.219 e. The maximum atomic E-state index is 11.1. The summed E-state index contributed by atoms with van der Waals surface area (Å²) >= 11 is 0. The predicted molar refractivity (Wildman–Crippen MR) is 58.2 cm³/mol. The summed E-state index contributed by atoms with van der Waals surface area (Å²) in [5, 5.41) is 2.97. The van der Waals surface area contributed by atoms with Crippen molar-refractivity contribution in [1.82, 2.24) is 10.2 Å². The van der Waals surface area contributed by atoms with Gasteiger partial charge in [-0.25, -0.2) is 0 Å². The van der Waals surface area contributed by atoms with Gasteiger partial charge in [0.15, 0.2) is 0 Å². The van der Waals surface area contributed by atoms with E-state index < -0.39 is 0 Å². The second-order valence-corrected chi connectivity index (χ2v) is 4.12. The molecule has 2 atom stereocenters. The van der Waals surface area contributed by atoms with Crippen LogP contribution in [0, 0.1) is 0 Å². The minimum absolute atomic E-state index is 0.165. The van der Waals surface area contributed by atoms with Crippen LogP contribution in [0.3, 0.4) is 0 Å². The number of carbonyl (C=O) groups is 1. The molecule has 0 aromatic heterocycles. The van der Waals surface area contributed by atoms with Crippen LogP contribution in [0.1, 0.15) is 39.5 Å². The topological polar surface area (TPSA) is 32.3 Å². The molecule has 1 rings (SSSR count). The van der Waals surface area contributed by atoms with Gasteiger partial charge in [-0.3, -0.25) is 9.69 Å². The molecule has 0 spiro atoms. The van der Waals surface area contributed by atoms with Crippen molar-refractivity contribution in [3.05, 3.63) is 0 Å². The summed E-state index contributed by atoms with van der Waals surface area (Å²) in [4.78, 5) is 13.5. The Balaban J connectivity index is 2.29. The highest BCUT2D eigenvalue weighted by Crippen LogP contribution is 2.23. The van der Waals surface area contributed by atoms with Crippen molar-refractivity contribution < 1.29 is 4.79 Å². The second-order valence-electron chi connectivity index (χ2n) is 4.12. The number of nitrogens with one attached hydrogen (secondary N) is 1. The summed E-state index contributed by atoms with van der Waals surface area (Å²) in [5.74, 6) is 0.165. The lowest BCUT2D eigenvalue weighted by Crippen LogP contribution is -2.40. The third-order valence-electron chi connectivity index (χ3n) is 3.31. The molecule has 82 valence electrons. The van der Waals surface area contributed by atoms with Gasteiger partial charge in [0.2, 0.25) is 5.91 Å². The van der Waals surface area contributed by atoms with Crippen LogP contribution >= 0.6 is 0 Å². The Morgan fingerprint density at radius 1 is 1.36 bits per heavy atom. The Labute approximate surface area is 86.9 Å². The highest BCUT2D eigenvalue weighted by atomic mass is 16.1. The molecule has 3 heteroatoms. The van der Waals surface area contributed by atoms with Crippen LogP contribution in [0.5, 0.6) is 0 Å². The van der Waals surface area contributed by atoms with Gasteiger partial charge in [0.25, 0.3) is 0 Å². The number of likely N-dealkylation sites (N-methyl/N-ethyl adjacent to an activating group) is 1. The Bertz CT molecular complexity index is 194. The van der Waals surface area contributed by atoms with Gasteiger partial charge in [-0.2, -0.15) is 0 Å². The van der Waals surface area contributed by atoms with E-state index in [1.54, 1.807) is 0 Å². The first-order valence-electron chi connectivity index (χ1n) is 5.67. The normalized spacial score (nSPS) is 27.9. The highest BCUT2D eigenvalue weighted by molar-refractivity contribution is 5.75. The highest BCUT2D eigenvalue weighted by Gasteiger charge is 2.28. The lowest BCUT2D eigenvalue weighted by atomic mass is 10.1. The first-order chi connectivity index (χ1) is 6.69. The molecular weight excluding hydrogens is 176 g/mol. The van der Waals surface area contributed by atoms with Crippen LogP contribution < -0.4 is 5.32 Å². The van der Waals surface area contributed by atoms with Crippen molar-refractivity contribution in [2.75, 3.05) is 13.6 Å². The summed E-state index contributed by atoms with van der Waals surface area (Å²) in [6, 6.07) is 1.27. The van der Waals surface area contributed by atoms with Gasteiger partial charge in [0.05, 0.1) is 0 Å². The summed E-state index contributed by atoms with van der Waals surface area (Å²) in [7, 11) is 2.17. The molecule has 1 heterocycles. The molecule has 0 radical (unpaired) electrons. The van der Waals surface area contributed by atoms with Crippen LogP contribution in [0.15, 0.2) is 0 Å². The van der Waals surface area contributed by atoms with E-state index in [4.69, 9.17) is 0 Å². The van der Waals surface area contributed by atoms with Gasteiger partial charge in [-0.05, 0) is 26.3 Å². The van der Waals surface area contributed by atoms with E-state index >= 15 is 0 Å². The predicted octanol–water partition coefficient (Wildman–Crippen LogP) is 1.39. The quantitative estimate of drug-likeness (QED) is 0.740. The zero-order valence-electron chi connectivity index (χ0n) is 9.55. The van der Waals surface area contributed by atoms with Gasteiger partial charge < -0.3 is 5.32 Å². The van der Waals surface area contributed by atoms with Crippen molar-refractivity contribution in [2.45, 2.75) is 51.6 Å². The number of hydrogen-bond donors (Lipinski definition) is 1. The molecule has 1 amide bonds. The van der Waals surface area contributed by atoms with Gasteiger partial charge in [0.1, 0.15) is 0 Å². The van der Waals surface area contributed by atoms with E-state index in [2.05, 4.69) is 24.2 Å². The van der Waals surface area contributed by atoms with Gasteiger partial charge in [0, 0.05) is 25.0 Å². The first-order valence-corrected chi connectivity index (χ1v) is 5.67. The number of carbonyl (C=O) groups excluding carboxylic acids is 1. The smallest absolute Gasteiger partial charge is 0.219 e. The van der Waals surface area contributed by atoms with Crippen molar-refractivity contribution in [3.63, 3.8) is 0 Å². The van der Waals surface area contributed by atoms with Crippen LogP contribution in [0.4, 0.5) is 0 Å². The molecular formula is C11H22N2O. The van der Waals surface area contributed by atoms with E-state index in [1.807, 2.05) is 6.92 Å². The molecule has 1 N–H and O–H groups in total. The van der Waals surface area contributed by atoms with Gasteiger partial charge >= 0.3 is 0 Å². The SMILES string of the molecule is CCC(=O)NCC1CCC(CC)N1C. The lowest BCUT2D eigenvalue weighted by Gasteiger charge is -2.25. The summed E-state index contributed by atoms with van der Waals surface area (Å²) < 4.78 is 0. The third kappa shape index (κ3) is 2.71. The number of amides is 1. The Kier molecular flexibility index (Phi) is 4.39. The molecule has 14 heavy (non-hydrogen) atoms. The van der Waals surface area contributed by atoms with E-state index in [9.17, 15) is 4.79 Å². The Hall–Kier alpha value is -0.570. The van der Waals surface area contributed by atoms with Crippen molar-refractivity contribution in [3.8, 4) is 0 Å². The van der Waals surface area contributed by atoms with Crippen molar-refractivity contribution in [2.24, 2.45) is 0 Å². The minimum atomic E-state index is 0.165. The molecule has 0 saturated carbocycles. The van der Waals surface area contributed by atoms with Crippen LogP contribution in [0.2, 0.25) is 0 Å². The molecule has 1 aliphatic rings. The molecule has 1 aliphatic heterocycles. The molecule has 0 aromatic rings. The molecule has 2 unspecified atom stereocenters. The monoisotopic (exact) mass is 198 g/mol. The van der Waals surface area contributed by atoms with E-state index in [1.165, 1.54) is 19.3 Å². The molecule has 0 aromatic carbocycles. The number of hydrogen-bond acceptors (Lipinski definition) is 2. The minimum Gasteiger partial charge on any atom is -0.355 e. The third-order valence-corrected chi connectivity index (χ3v) is 3.31. The van der Waals surface area contributed by atoms with Crippen LogP contribution in [-0.4, -0.2) is 36.5 Å². The number of likely N-dealkylation sites (tertiary alicyclic amines) is 1. The Morgan fingerprint density at radius 3 is 2.50 bits per heavy atom. The van der Waals surface area contributed by atoms with Crippen LogP contribution in [0.25, 0.3) is 0 Å². The number of rotatable bonds is 4. The van der Waals surface area contributed by atoms with E-state index in [0.29, 0.717) is 12.5 Å². The maximum absolute atomic E-state index is 11.1. The lowest BCUT2D eigenvalue weighted by molar-refractivity contribution is -0.120. The van der Waals surface area contributed by atoms with E-state index in [0.717, 1.165) is 12.6 Å².